The number of nitrogens with zero attached hydrogens (tertiary/aromatic N) is 1. The van der Waals surface area contributed by atoms with E-state index < -0.39 is 23.6 Å². The minimum absolute atomic E-state index is 0.0918. The summed E-state index contributed by atoms with van der Waals surface area (Å²) < 4.78 is 27.6. The molecule has 0 aliphatic rings. The Morgan fingerprint density at radius 1 is 1.31 bits per heavy atom. The van der Waals surface area contributed by atoms with Gasteiger partial charge in [-0.15, -0.1) is 8.86 Å². The van der Waals surface area contributed by atoms with E-state index in [4.69, 9.17) is 0 Å². The van der Waals surface area contributed by atoms with Crippen molar-refractivity contribution in [3.8, 4) is 0 Å². The number of aromatic amines is 2. The van der Waals surface area contributed by atoms with Gasteiger partial charge >= 0.3 is 5.69 Å². The van der Waals surface area contributed by atoms with E-state index in [0.717, 1.165) is 11.3 Å². The number of hydrogen-bond donors (Lipinski definition) is 2. The molecule has 0 bridgehead atoms. The summed E-state index contributed by atoms with van der Waals surface area (Å²) in [6.07, 6.45) is 4.29. The molecule has 2 N–H and O–H groups in total. The first-order valence-electron chi connectivity index (χ1n) is 9.21. The second-order valence-corrected chi connectivity index (χ2v) is 7.44. The van der Waals surface area contributed by atoms with Crippen molar-refractivity contribution in [3.05, 3.63) is 79.4 Å². The second-order valence-electron chi connectivity index (χ2n) is 6.83. The summed E-state index contributed by atoms with van der Waals surface area (Å²) in [4.78, 5) is 31.7. The van der Waals surface area contributed by atoms with Gasteiger partial charge in [-0.2, -0.15) is 0 Å². The van der Waals surface area contributed by atoms with E-state index in [0.29, 0.717) is 22.9 Å². The molecule has 2 rings (SSSR count). The fraction of sp³-hybridized carbons (Fsp3) is 0.333. The highest BCUT2D eigenvalue weighted by molar-refractivity contribution is 7.22. The van der Waals surface area contributed by atoms with Gasteiger partial charge in [0.05, 0.1) is 5.56 Å². The fourth-order valence-corrected chi connectivity index (χ4v) is 3.44. The maximum Gasteiger partial charge on any atom is 0.325 e. The van der Waals surface area contributed by atoms with Gasteiger partial charge in [0.15, 0.2) is 0 Å². The second kappa shape index (κ2) is 10.2. The molecule has 1 unspecified atom stereocenters. The smallest absolute Gasteiger partial charge is 0.314 e. The van der Waals surface area contributed by atoms with Crippen LogP contribution >= 0.6 is 8.86 Å². The number of hydrogen-bond acceptors (Lipinski definition) is 3. The van der Waals surface area contributed by atoms with Gasteiger partial charge in [0.2, 0.25) is 6.43 Å². The number of alkyl halides is 2. The summed E-state index contributed by atoms with van der Waals surface area (Å²) >= 11 is 0. The monoisotopic (exact) mass is 419 g/mol. The van der Waals surface area contributed by atoms with Crippen LogP contribution in [0, 0.1) is 0 Å². The highest BCUT2D eigenvalue weighted by Crippen LogP contribution is 2.30. The van der Waals surface area contributed by atoms with Crippen LogP contribution in [0.15, 0.2) is 51.3 Å². The minimum atomic E-state index is -2.54. The van der Waals surface area contributed by atoms with Gasteiger partial charge in [-0.05, 0) is 61.3 Å². The van der Waals surface area contributed by atoms with Crippen LogP contribution in [0.2, 0.25) is 0 Å². The fourth-order valence-electron chi connectivity index (χ4n) is 2.89. The highest BCUT2D eigenvalue weighted by atomic mass is 31.0. The molecule has 5 nitrogen and oxygen atoms in total. The van der Waals surface area contributed by atoms with Crippen LogP contribution in [0.25, 0.3) is 6.08 Å². The maximum atomic E-state index is 13.8. The van der Waals surface area contributed by atoms with E-state index in [1.165, 1.54) is 12.3 Å². The van der Waals surface area contributed by atoms with Gasteiger partial charge in [0, 0.05) is 24.0 Å². The largest absolute Gasteiger partial charge is 0.325 e. The Hall–Kier alpha value is -2.66. The zero-order chi connectivity index (χ0) is 21.6. The van der Waals surface area contributed by atoms with Crippen molar-refractivity contribution in [2.45, 2.75) is 46.0 Å². The first kappa shape index (κ1) is 22.6. The number of pyridine rings is 1. The third-order valence-electron chi connectivity index (χ3n) is 4.50. The zero-order valence-electron chi connectivity index (χ0n) is 16.6. The molecule has 154 valence electrons. The number of halogens is 2. The molecule has 29 heavy (non-hydrogen) atoms. The molecule has 0 fully saturated rings. The quantitative estimate of drug-likeness (QED) is 0.499. The number of rotatable bonds is 8. The SMILES string of the molecule is CCc1cc(C(CC(=P)C(C=Cc2c[nH]c(=O)[nH]c2=O)=C(C)C)C(F)F)ccn1. The molecule has 0 aliphatic heterocycles. The first-order chi connectivity index (χ1) is 13.7. The third-order valence-corrected chi connectivity index (χ3v) is 4.97. The van der Waals surface area contributed by atoms with Crippen molar-refractivity contribution in [1.82, 2.24) is 15.0 Å². The number of aryl methyl sites for hydroxylation is 1. The lowest BCUT2D eigenvalue weighted by molar-refractivity contribution is 0.117. The van der Waals surface area contributed by atoms with Gasteiger partial charge in [0.25, 0.3) is 5.56 Å². The molecule has 2 aromatic heterocycles. The Bertz CT molecular complexity index is 1050. The lowest BCUT2D eigenvalue weighted by Crippen LogP contribution is -2.22. The molecule has 2 aromatic rings. The molecule has 0 saturated carbocycles. The van der Waals surface area contributed by atoms with Crippen LogP contribution in [-0.2, 0) is 6.42 Å². The van der Waals surface area contributed by atoms with Gasteiger partial charge in [-0.1, -0.05) is 18.6 Å². The van der Waals surface area contributed by atoms with Gasteiger partial charge in [-0.25, -0.2) is 13.6 Å². The summed E-state index contributed by atoms with van der Waals surface area (Å²) in [6.45, 7) is 5.64. The van der Waals surface area contributed by atoms with Gasteiger partial charge < -0.3 is 4.98 Å². The van der Waals surface area contributed by atoms with E-state index >= 15 is 0 Å². The summed E-state index contributed by atoms with van der Waals surface area (Å²) in [5.74, 6) is -0.991. The van der Waals surface area contributed by atoms with E-state index in [2.05, 4.69) is 23.8 Å². The predicted octanol–water partition coefficient (Wildman–Crippen LogP) is 4.12. The Kier molecular flexibility index (Phi) is 7.97. The summed E-state index contributed by atoms with van der Waals surface area (Å²) in [6, 6.07) is 3.33. The lowest BCUT2D eigenvalue weighted by atomic mass is 9.91. The maximum absolute atomic E-state index is 13.8. The Labute approximate surface area is 169 Å². The molecule has 0 radical (unpaired) electrons. The van der Waals surface area contributed by atoms with Crippen LogP contribution in [0.5, 0.6) is 0 Å². The van der Waals surface area contributed by atoms with Crippen molar-refractivity contribution < 1.29 is 8.78 Å². The van der Waals surface area contributed by atoms with E-state index in [9.17, 15) is 18.4 Å². The zero-order valence-corrected chi connectivity index (χ0v) is 17.6. The molecule has 0 aromatic carbocycles. The molecular formula is C21H24F2N3O2P. The van der Waals surface area contributed by atoms with Gasteiger partial charge in [0.1, 0.15) is 0 Å². The average Bonchev–Trinajstić information content (AvgIpc) is 2.67. The topological polar surface area (TPSA) is 78.6 Å². The molecule has 2 heterocycles. The highest BCUT2D eigenvalue weighted by Gasteiger charge is 2.24. The molecule has 1 atom stereocenters. The van der Waals surface area contributed by atoms with Crippen LogP contribution in [0.1, 0.15) is 49.9 Å². The predicted molar refractivity (Wildman–Crippen MR) is 115 cm³/mol. The number of allylic oxidation sites excluding steroid dienone is 3. The summed E-state index contributed by atoms with van der Waals surface area (Å²) in [7, 11) is 3.53. The first-order valence-corrected chi connectivity index (χ1v) is 9.71. The molecular weight excluding hydrogens is 395 g/mol. The van der Waals surface area contributed by atoms with Gasteiger partial charge in [-0.3, -0.25) is 14.8 Å². The molecule has 0 saturated heterocycles. The number of H-pyrrole nitrogens is 2. The standard InChI is InChI=1S/C21H24F2N3O2P/c1-4-15-9-13(7-8-24-15)17(19(22)23)10-18(29)16(12(2)3)6-5-14-11-25-21(28)26-20(14)27/h5-9,11,17,19,29H,4,10H2,1-3H3,(H2,25,26,27,28). The average molecular weight is 419 g/mol. The van der Waals surface area contributed by atoms with Crippen molar-refractivity contribution in [1.29, 1.82) is 0 Å². The Morgan fingerprint density at radius 2 is 2.03 bits per heavy atom. The number of nitrogens with one attached hydrogen (secondary N) is 2. The van der Waals surface area contributed by atoms with Crippen LogP contribution in [0.4, 0.5) is 8.78 Å². The van der Waals surface area contributed by atoms with Crippen LogP contribution < -0.4 is 11.2 Å². The molecule has 0 aliphatic carbocycles. The van der Waals surface area contributed by atoms with Crippen molar-refractivity contribution >= 4 is 20.2 Å². The third kappa shape index (κ3) is 6.16. The van der Waals surface area contributed by atoms with Crippen LogP contribution in [-0.4, -0.2) is 26.7 Å². The Morgan fingerprint density at radius 3 is 2.62 bits per heavy atom. The summed E-state index contributed by atoms with van der Waals surface area (Å²) in [5, 5.41) is 0.599. The van der Waals surface area contributed by atoms with E-state index in [1.807, 2.05) is 20.8 Å². The molecule has 0 amide bonds. The van der Waals surface area contributed by atoms with Crippen molar-refractivity contribution in [2.24, 2.45) is 0 Å². The van der Waals surface area contributed by atoms with E-state index in [1.54, 1.807) is 24.4 Å². The van der Waals surface area contributed by atoms with E-state index in [-0.39, 0.29) is 12.0 Å². The van der Waals surface area contributed by atoms with Crippen LogP contribution in [0.3, 0.4) is 0 Å². The molecule has 8 heteroatoms. The number of aromatic nitrogens is 3. The Balaban J connectivity index is 2.29. The normalized spacial score (nSPS) is 12.3. The summed E-state index contributed by atoms with van der Waals surface area (Å²) in [5.41, 5.74) is 2.05. The minimum Gasteiger partial charge on any atom is -0.314 e. The molecule has 0 spiro atoms. The van der Waals surface area contributed by atoms with Crippen molar-refractivity contribution in [3.63, 3.8) is 0 Å². The lowest BCUT2D eigenvalue weighted by Gasteiger charge is -2.19. The van der Waals surface area contributed by atoms with Crippen molar-refractivity contribution in [2.75, 3.05) is 0 Å².